The molecular weight excluding hydrogens is 236 g/mol. The zero-order chi connectivity index (χ0) is 13.2. The van der Waals surface area contributed by atoms with Gasteiger partial charge in [0.25, 0.3) is 0 Å². The van der Waals surface area contributed by atoms with E-state index in [9.17, 15) is 0 Å². The second-order valence-corrected chi connectivity index (χ2v) is 10.9. The van der Waals surface area contributed by atoms with Gasteiger partial charge in [0.2, 0.25) is 0 Å². The van der Waals surface area contributed by atoms with Crippen LogP contribution in [0.3, 0.4) is 0 Å². The molecule has 0 aliphatic heterocycles. The SMILES string of the molecule is C/C=C1\CC[C@@H]2CCC[C@]12O[Si](CC)(CC)CC. The third-order valence-electron chi connectivity index (χ3n) is 5.75. The molecule has 2 aliphatic rings. The van der Waals surface area contributed by atoms with Crippen molar-refractivity contribution in [3.8, 4) is 0 Å². The van der Waals surface area contributed by atoms with Crippen LogP contribution in [0.25, 0.3) is 0 Å². The summed E-state index contributed by atoms with van der Waals surface area (Å²) in [7, 11) is -1.48. The van der Waals surface area contributed by atoms with E-state index in [2.05, 4.69) is 33.8 Å². The summed E-state index contributed by atoms with van der Waals surface area (Å²) in [5.74, 6) is 0.834. The zero-order valence-electron chi connectivity index (χ0n) is 12.7. The van der Waals surface area contributed by atoms with E-state index in [0.717, 1.165) is 5.92 Å². The maximum atomic E-state index is 7.03. The Morgan fingerprint density at radius 2 is 1.89 bits per heavy atom. The van der Waals surface area contributed by atoms with E-state index < -0.39 is 8.32 Å². The third-order valence-corrected chi connectivity index (χ3v) is 10.4. The lowest BCUT2D eigenvalue weighted by atomic mass is 9.91. The Morgan fingerprint density at radius 1 is 1.22 bits per heavy atom. The molecule has 0 aromatic carbocycles. The van der Waals surface area contributed by atoms with E-state index in [1.54, 1.807) is 5.57 Å². The molecule has 0 amide bonds. The first-order valence-corrected chi connectivity index (χ1v) is 10.5. The molecule has 2 heteroatoms. The van der Waals surface area contributed by atoms with Crippen molar-refractivity contribution in [2.24, 2.45) is 5.92 Å². The lowest BCUT2D eigenvalue weighted by Gasteiger charge is -2.42. The highest BCUT2D eigenvalue weighted by atomic mass is 28.4. The highest BCUT2D eigenvalue weighted by Gasteiger charge is 2.53. The van der Waals surface area contributed by atoms with Gasteiger partial charge in [-0.05, 0) is 68.7 Å². The molecule has 0 aromatic rings. The number of hydrogen-bond acceptors (Lipinski definition) is 1. The predicted molar refractivity (Wildman–Crippen MR) is 81.3 cm³/mol. The Kier molecular flexibility index (Phi) is 4.38. The van der Waals surface area contributed by atoms with E-state index in [4.69, 9.17) is 4.43 Å². The van der Waals surface area contributed by atoms with Crippen molar-refractivity contribution in [2.75, 3.05) is 0 Å². The van der Waals surface area contributed by atoms with Gasteiger partial charge in [-0.1, -0.05) is 26.8 Å². The van der Waals surface area contributed by atoms with E-state index in [1.165, 1.54) is 50.2 Å². The second kappa shape index (κ2) is 5.50. The van der Waals surface area contributed by atoms with Gasteiger partial charge in [-0.2, -0.15) is 0 Å². The Morgan fingerprint density at radius 3 is 2.44 bits per heavy atom. The van der Waals surface area contributed by atoms with Gasteiger partial charge < -0.3 is 4.43 Å². The summed E-state index contributed by atoms with van der Waals surface area (Å²) in [4.78, 5) is 0. The van der Waals surface area contributed by atoms with Crippen LogP contribution in [-0.2, 0) is 4.43 Å². The summed E-state index contributed by atoms with van der Waals surface area (Å²) < 4.78 is 7.03. The first kappa shape index (κ1) is 14.3. The second-order valence-electron chi connectivity index (χ2n) is 6.18. The Labute approximate surface area is 114 Å². The van der Waals surface area contributed by atoms with Crippen LogP contribution in [0.5, 0.6) is 0 Å². The summed E-state index contributed by atoms with van der Waals surface area (Å²) in [6, 6.07) is 3.85. The minimum atomic E-state index is -1.48. The van der Waals surface area contributed by atoms with Crippen LogP contribution in [0, 0.1) is 5.92 Å². The first-order valence-electron chi connectivity index (χ1n) is 8.02. The lowest BCUT2D eigenvalue weighted by Crippen LogP contribution is -2.48. The summed E-state index contributed by atoms with van der Waals surface area (Å²) in [6.07, 6.45) is 9.12. The van der Waals surface area contributed by atoms with Crippen LogP contribution < -0.4 is 0 Å². The molecular formula is C16H30OSi. The lowest BCUT2D eigenvalue weighted by molar-refractivity contribution is 0.0726. The maximum absolute atomic E-state index is 7.03. The number of hydrogen-bond donors (Lipinski definition) is 0. The standard InChI is InChI=1S/C16H30OSi/c1-5-14-11-12-15-10-9-13-16(14,15)17-18(6-2,7-3)8-4/h5,15H,6-13H2,1-4H3/b14-5+/t15-,16-/m0/s1. The number of allylic oxidation sites excluding steroid dienone is 1. The molecule has 1 nitrogen and oxygen atoms in total. The van der Waals surface area contributed by atoms with Crippen molar-refractivity contribution in [2.45, 2.75) is 83.5 Å². The van der Waals surface area contributed by atoms with Crippen LogP contribution in [0.4, 0.5) is 0 Å². The quantitative estimate of drug-likeness (QED) is 0.485. The van der Waals surface area contributed by atoms with Crippen molar-refractivity contribution in [1.29, 1.82) is 0 Å². The van der Waals surface area contributed by atoms with Crippen LogP contribution in [0.2, 0.25) is 18.1 Å². The van der Waals surface area contributed by atoms with Crippen LogP contribution in [0.1, 0.15) is 59.8 Å². The molecule has 0 spiro atoms. The molecule has 2 saturated carbocycles. The molecule has 0 heterocycles. The predicted octanol–water partition coefficient (Wildman–Crippen LogP) is 5.29. The van der Waals surface area contributed by atoms with Crippen LogP contribution >= 0.6 is 0 Å². The number of rotatable bonds is 5. The first-order chi connectivity index (χ1) is 8.66. The molecule has 0 bridgehead atoms. The summed E-state index contributed by atoms with van der Waals surface area (Å²) in [6.45, 7) is 9.27. The Hall–Kier alpha value is -0.0831. The summed E-state index contributed by atoms with van der Waals surface area (Å²) in [5.41, 5.74) is 1.82. The van der Waals surface area contributed by atoms with Gasteiger partial charge in [-0.15, -0.1) is 0 Å². The molecule has 0 aromatic heterocycles. The fraction of sp³-hybridized carbons (Fsp3) is 0.875. The van der Waals surface area contributed by atoms with Crippen molar-refractivity contribution < 1.29 is 4.43 Å². The van der Waals surface area contributed by atoms with Gasteiger partial charge in [-0.3, -0.25) is 0 Å². The Bertz CT molecular complexity index is 311. The van der Waals surface area contributed by atoms with Gasteiger partial charge in [0.15, 0.2) is 8.32 Å². The van der Waals surface area contributed by atoms with Crippen molar-refractivity contribution in [3.05, 3.63) is 11.6 Å². The Balaban J connectivity index is 2.28. The van der Waals surface area contributed by atoms with Crippen molar-refractivity contribution in [1.82, 2.24) is 0 Å². The van der Waals surface area contributed by atoms with Crippen LogP contribution in [-0.4, -0.2) is 13.9 Å². The normalized spacial score (nSPS) is 34.2. The van der Waals surface area contributed by atoms with Crippen LogP contribution in [0.15, 0.2) is 11.6 Å². The highest BCUT2D eigenvalue weighted by molar-refractivity contribution is 6.73. The van der Waals surface area contributed by atoms with Crippen molar-refractivity contribution in [3.63, 3.8) is 0 Å². The third kappa shape index (κ3) is 2.12. The van der Waals surface area contributed by atoms with Crippen molar-refractivity contribution >= 4 is 8.32 Å². The van der Waals surface area contributed by atoms with Gasteiger partial charge in [0.1, 0.15) is 0 Å². The molecule has 0 N–H and O–H groups in total. The fourth-order valence-electron chi connectivity index (χ4n) is 4.33. The van der Waals surface area contributed by atoms with E-state index in [1.807, 2.05) is 0 Å². The van der Waals surface area contributed by atoms with Gasteiger partial charge in [0, 0.05) is 0 Å². The average Bonchev–Trinajstić information content (AvgIpc) is 2.93. The molecule has 2 atom stereocenters. The summed E-state index contributed by atoms with van der Waals surface area (Å²) >= 11 is 0. The molecule has 0 radical (unpaired) electrons. The fourth-order valence-corrected chi connectivity index (χ4v) is 7.44. The molecule has 2 fully saturated rings. The minimum Gasteiger partial charge on any atom is -0.407 e. The molecule has 0 saturated heterocycles. The molecule has 104 valence electrons. The summed E-state index contributed by atoms with van der Waals surface area (Å²) in [5, 5.41) is 0. The van der Waals surface area contributed by atoms with Gasteiger partial charge in [-0.25, -0.2) is 0 Å². The molecule has 18 heavy (non-hydrogen) atoms. The topological polar surface area (TPSA) is 9.23 Å². The smallest absolute Gasteiger partial charge is 0.193 e. The zero-order valence-corrected chi connectivity index (χ0v) is 13.7. The van der Waals surface area contributed by atoms with E-state index in [0.29, 0.717) is 0 Å². The molecule has 2 rings (SSSR count). The molecule has 2 aliphatic carbocycles. The number of fused-ring (bicyclic) bond motifs is 1. The monoisotopic (exact) mass is 266 g/mol. The van der Waals surface area contributed by atoms with Gasteiger partial charge in [0.05, 0.1) is 5.60 Å². The minimum absolute atomic E-state index is 0.184. The molecule has 0 unspecified atom stereocenters. The maximum Gasteiger partial charge on any atom is 0.193 e. The van der Waals surface area contributed by atoms with Gasteiger partial charge >= 0.3 is 0 Å². The average molecular weight is 267 g/mol. The van der Waals surface area contributed by atoms with E-state index >= 15 is 0 Å². The largest absolute Gasteiger partial charge is 0.407 e. The van der Waals surface area contributed by atoms with E-state index in [-0.39, 0.29) is 5.60 Å². The highest BCUT2D eigenvalue weighted by Crippen LogP contribution is 2.54.